The first-order valence-corrected chi connectivity index (χ1v) is 11.8. The van der Waals surface area contributed by atoms with Gasteiger partial charge < -0.3 is 24.4 Å². The van der Waals surface area contributed by atoms with Crippen molar-refractivity contribution in [2.24, 2.45) is 7.05 Å². The zero-order valence-corrected chi connectivity index (χ0v) is 20.7. The van der Waals surface area contributed by atoms with Gasteiger partial charge in [0.05, 0.1) is 19.0 Å². The van der Waals surface area contributed by atoms with Crippen molar-refractivity contribution < 1.29 is 18.7 Å². The van der Waals surface area contributed by atoms with Crippen molar-refractivity contribution in [2.75, 3.05) is 38.6 Å². The first-order chi connectivity index (χ1) is 17.8. The molecular formula is C26H26FN7O3. The molecule has 10 nitrogen and oxygen atoms in total. The molecule has 1 aromatic carbocycles. The van der Waals surface area contributed by atoms with Crippen LogP contribution in [0.2, 0.25) is 0 Å². The Hall–Kier alpha value is -4.54. The molecule has 3 aromatic heterocycles. The van der Waals surface area contributed by atoms with Gasteiger partial charge in [-0.25, -0.2) is 19.3 Å². The van der Waals surface area contributed by atoms with Crippen LogP contribution >= 0.6 is 0 Å². The minimum atomic E-state index is -0.569. The Labute approximate surface area is 212 Å². The number of carbonyl (C=O) groups is 2. The van der Waals surface area contributed by atoms with E-state index in [1.165, 1.54) is 14.0 Å². The summed E-state index contributed by atoms with van der Waals surface area (Å²) in [4.78, 5) is 40.9. The highest BCUT2D eigenvalue weighted by Gasteiger charge is 2.24. The van der Waals surface area contributed by atoms with Gasteiger partial charge in [-0.2, -0.15) is 0 Å². The van der Waals surface area contributed by atoms with Crippen LogP contribution in [0.25, 0.3) is 22.3 Å². The lowest BCUT2D eigenvalue weighted by Crippen LogP contribution is -2.50. The largest absolute Gasteiger partial charge is 0.495 e. The number of methoxy groups -OCH3 is 1. The Morgan fingerprint density at radius 2 is 1.78 bits per heavy atom. The van der Waals surface area contributed by atoms with E-state index in [0.717, 1.165) is 17.2 Å². The molecule has 0 unspecified atom stereocenters. The molecule has 0 aliphatic carbocycles. The molecular weight excluding hydrogens is 477 g/mol. The van der Waals surface area contributed by atoms with Crippen molar-refractivity contribution >= 4 is 34.5 Å². The number of halogens is 1. The van der Waals surface area contributed by atoms with Gasteiger partial charge in [0.25, 0.3) is 5.91 Å². The fourth-order valence-electron chi connectivity index (χ4n) is 4.37. The Morgan fingerprint density at radius 3 is 2.51 bits per heavy atom. The average Bonchev–Trinajstić information content (AvgIpc) is 3.29. The minimum absolute atomic E-state index is 0.00671. The summed E-state index contributed by atoms with van der Waals surface area (Å²) in [5.74, 6) is -0.123. The number of ether oxygens (including phenoxy) is 1. The smallest absolute Gasteiger partial charge is 0.254 e. The van der Waals surface area contributed by atoms with E-state index in [1.54, 1.807) is 34.2 Å². The van der Waals surface area contributed by atoms with Gasteiger partial charge in [-0.05, 0) is 30.3 Å². The van der Waals surface area contributed by atoms with Crippen LogP contribution in [0.4, 0.5) is 16.0 Å². The van der Waals surface area contributed by atoms with Gasteiger partial charge in [-0.15, -0.1) is 0 Å². The van der Waals surface area contributed by atoms with Crippen LogP contribution in [0.15, 0.2) is 48.9 Å². The summed E-state index contributed by atoms with van der Waals surface area (Å²) >= 11 is 0. The molecule has 37 heavy (non-hydrogen) atoms. The summed E-state index contributed by atoms with van der Waals surface area (Å²) in [6, 6.07) is 8.75. The monoisotopic (exact) mass is 503 g/mol. The summed E-state index contributed by atoms with van der Waals surface area (Å²) in [6.45, 7) is 3.48. The molecule has 0 bridgehead atoms. The topological polar surface area (TPSA) is 105 Å². The van der Waals surface area contributed by atoms with Gasteiger partial charge in [0.2, 0.25) is 11.9 Å². The second-order valence-electron chi connectivity index (χ2n) is 8.79. The Kier molecular flexibility index (Phi) is 6.43. The third-order valence-corrected chi connectivity index (χ3v) is 6.43. The predicted octanol–water partition coefficient (Wildman–Crippen LogP) is 3.23. The molecule has 0 saturated carbocycles. The lowest BCUT2D eigenvalue weighted by molar-refractivity contribution is -0.130. The number of anilines is 2. The van der Waals surface area contributed by atoms with Gasteiger partial charge >= 0.3 is 0 Å². The molecule has 1 aliphatic rings. The SMILES string of the molecule is COc1cc(C(=O)N2CCN(C(C)=O)CC2)ccc1Nc1ncc(F)c(-c2cnc3c(ccn3C)c2)n1. The number of nitrogens with one attached hydrogen (secondary N) is 1. The molecule has 0 spiro atoms. The number of nitrogens with zero attached hydrogens (tertiary/aromatic N) is 6. The number of pyridine rings is 1. The highest BCUT2D eigenvalue weighted by molar-refractivity contribution is 5.95. The summed E-state index contributed by atoms with van der Waals surface area (Å²) in [5.41, 5.74) is 2.42. The van der Waals surface area contributed by atoms with Crippen molar-refractivity contribution in [1.29, 1.82) is 0 Å². The van der Waals surface area contributed by atoms with Gasteiger partial charge in [-0.1, -0.05) is 0 Å². The van der Waals surface area contributed by atoms with Gasteiger partial charge in [0.15, 0.2) is 5.82 Å². The number of fused-ring (bicyclic) bond motifs is 1. The summed E-state index contributed by atoms with van der Waals surface area (Å²) < 4.78 is 22.0. The first kappa shape index (κ1) is 24.2. The molecule has 0 radical (unpaired) electrons. The first-order valence-electron chi connectivity index (χ1n) is 11.8. The lowest BCUT2D eigenvalue weighted by Gasteiger charge is -2.34. The molecule has 190 valence electrons. The van der Waals surface area contributed by atoms with Crippen LogP contribution < -0.4 is 10.1 Å². The van der Waals surface area contributed by atoms with E-state index in [2.05, 4.69) is 20.3 Å². The molecule has 1 saturated heterocycles. The van der Waals surface area contributed by atoms with Gasteiger partial charge in [-0.3, -0.25) is 9.59 Å². The fourth-order valence-corrected chi connectivity index (χ4v) is 4.37. The Bertz CT molecular complexity index is 1500. The van der Waals surface area contributed by atoms with Crippen LogP contribution in [-0.2, 0) is 11.8 Å². The Morgan fingerprint density at radius 1 is 1.03 bits per heavy atom. The molecule has 4 heterocycles. The standard InChI is InChI=1S/C26H26FN7O3/c1-16(35)33-8-10-34(11-9-33)25(36)18-4-5-21(22(13-18)37-3)30-26-29-15-20(27)23(31-26)19-12-17-6-7-32(2)24(17)28-14-19/h4-7,12-15H,8-11H2,1-3H3,(H,29,30,31). The summed E-state index contributed by atoms with van der Waals surface area (Å²) in [5, 5.41) is 3.93. The predicted molar refractivity (Wildman–Crippen MR) is 136 cm³/mol. The van der Waals surface area contributed by atoms with Crippen LogP contribution in [0.1, 0.15) is 17.3 Å². The van der Waals surface area contributed by atoms with Crippen LogP contribution in [0, 0.1) is 5.82 Å². The maximum atomic E-state index is 14.7. The molecule has 2 amide bonds. The number of rotatable bonds is 5. The number of hydrogen-bond acceptors (Lipinski definition) is 7. The zero-order valence-electron chi connectivity index (χ0n) is 20.7. The molecule has 1 N–H and O–H groups in total. The van der Waals surface area contributed by atoms with Crippen molar-refractivity contribution in [3.8, 4) is 17.0 Å². The van der Waals surface area contributed by atoms with E-state index in [-0.39, 0.29) is 23.5 Å². The van der Waals surface area contributed by atoms with E-state index in [0.29, 0.717) is 48.7 Å². The zero-order chi connectivity index (χ0) is 26.1. The van der Waals surface area contributed by atoms with Crippen molar-refractivity contribution in [3.05, 3.63) is 60.3 Å². The van der Waals surface area contributed by atoms with Crippen molar-refractivity contribution in [3.63, 3.8) is 0 Å². The number of piperazine rings is 1. The van der Waals surface area contributed by atoms with E-state index in [4.69, 9.17) is 4.74 Å². The number of benzene rings is 1. The fraction of sp³-hybridized carbons (Fsp3) is 0.269. The second kappa shape index (κ2) is 9.84. The van der Waals surface area contributed by atoms with E-state index in [9.17, 15) is 14.0 Å². The molecule has 4 aromatic rings. The maximum Gasteiger partial charge on any atom is 0.254 e. The molecule has 0 atom stereocenters. The third-order valence-electron chi connectivity index (χ3n) is 6.43. The third kappa shape index (κ3) is 4.80. The van der Waals surface area contributed by atoms with Crippen molar-refractivity contribution in [1.82, 2.24) is 29.3 Å². The molecule has 1 fully saturated rings. The highest BCUT2D eigenvalue weighted by atomic mass is 19.1. The van der Waals surface area contributed by atoms with E-state index < -0.39 is 5.82 Å². The van der Waals surface area contributed by atoms with Crippen LogP contribution in [0.3, 0.4) is 0 Å². The normalized spacial score (nSPS) is 13.6. The van der Waals surface area contributed by atoms with E-state index in [1.807, 2.05) is 29.9 Å². The summed E-state index contributed by atoms with van der Waals surface area (Å²) in [6.07, 6.45) is 4.57. The number of hydrogen-bond donors (Lipinski definition) is 1. The number of carbonyl (C=O) groups excluding carboxylic acids is 2. The highest BCUT2D eigenvalue weighted by Crippen LogP contribution is 2.30. The molecule has 5 rings (SSSR count). The molecule has 1 aliphatic heterocycles. The van der Waals surface area contributed by atoms with E-state index >= 15 is 0 Å². The number of aromatic nitrogens is 4. The maximum absolute atomic E-state index is 14.7. The van der Waals surface area contributed by atoms with Gasteiger partial charge in [0.1, 0.15) is 17.1 Å². The van der Waals surface area contributed by atoms with Gasteiger partial charge in [0, 0.05) is 69.1 Å². The number of aryl methyl sites for hydroxylation is 1. The Balaban J connectivity index is 1.36. The average molecular weight is 504 g/mol. The van der Waals surface area contributed by atoms with Crippen LogP contribution in [0.5, 0.6) is 5.75 Å². The quantitative estimate of drug-likeness (QED) is 0.446. The van der Waals surface area contributed by atoms with Crippen molar-refractivity contribution in [2.45, 2.75) is 6.92 Å². The summed E-state index contributed by atoms with van der Waals surface area (Å²) in [7, 11) is 3.39. The minimum Gasteiger partial charge on any atom is -0.495 e. The number of amides is 2. The second-order valence-corrected chi connectivity index (χ2v) is 8.79. The molecule has 11 heteroatoms. The lowest BCUT2D eigenvalue weighted by atomic mass is 10.1. The van der Waals surface area contributed by atoms with Crippen LogP contribution in [-0.4, -0.2) is 74.4 Å².